The van der Waals surface area contributed by atoms with Crippen LogP contribution in [0, 0.1) is 11.6 Å². The third-order valence-electron chi connectivity index (χ3n) is 12.1. The number of aromatic nitrogens is 6. The summed E-state index contributed by atoms with van der Waals surface area (Å²) in [6, 6.07) is 8.18. The van der Waals surface area contributed by atoms with E-state index >= 15 is 0 Å². The number of nitrogens with one attached hydrogen (secondary N) is 3. The van der Waals surface area contributed by atoms with Crippen LogP contribution in [0.3, 0.4) is 0 Å². The van der Waals surface area contributed by atoms with Gasteiger partial charge in [0, 0.05) is 102 Å². The van der Waals surface area contributed by atoms with Gasteiger partial charge in [-0.15, -0.1) is 0 Å². The van der Waals surface area contributed by atoms with Gasteiger partial charge in [-0.1, -0.05) is 46.4 Å². The molecule has 0 saturated carbocycles. The Hall–Kier alpha value is -5.84. The van der Waals surface area contributed by atoms with Gasteiger partial charge in [0.2, 0.25) is 5.91 Å². The maximum absolute atomic E-state index is 13.9. The monoisotopic (exact) mass is 1090 g/mol. The fourth-order valence-corrected chi connectivity index (χ4v) is 9.52. The number of anilines is 2. The number of amides is 1. The highest BCUT2D eigenvalue weighted by Crippen LogP contribution is 2.39. The second-order valence-corrected chi connectivity index (χ2v) is 18.4. The Bertz CT molecular complexity index is 2650. The first-order valence-corrected chi connectivity index (χ1v) is 24.7. The van der Waals surface area contributed by atoms with Crippen LogP contribution in [0.4, 0.5) is 20.4 Å². The van der Waals surface area contributed by atoms with Gasteiger partial charge in [-0.05, 0) is 83.0 Å². The van der Waals surface area contributed by atoms with E-state index in [9.17, 15) is 18.4 Å². The highest BCUT2D eigenvalue weighted by Gasteiger charge is 2.32. The van der Waals surface area contributed by atoms with E-state index in [0.717, 1.165) is 35.5 Å². The summed E-state index contributed by atoms with van der Waals surface area (Å²) in [5.74, 6) is -0.543. The number of pyridine rings is 2. The van der Waals surface area contributed by atoms with Crippen LogP contribution in [0.25, 0.3) is 22.3 Å². The molecule has 4 aromatic heterocycles. The smallest absolute Gasteiger partial charge is 0.322 e. The summed E-state index contributed by atoms with van der Waals surface area (Å²) in [5.41, 5.74) is 20.3. The third kappa shape index (κ3) is 14.1. The molecule has 3 aliphatic rings. The molecule has 24 heteroatoms. The lowest BCUT2D eigenvalue weighted by Gasteiger charge is -2.19. The van der Waals surface area contributed by atoms with Gasteiger partial charge >= 0.3 is 5.97 Å². The van der Waals surface area contributed by atoms with Gasteiger partial charge < -0.3 is 52.1 Å². The van der Waals surface area contributed by atoms with Crippen LogP contribution in [0.2, 0.25) is 20.1 Å². The minimum absolute atomic E-state index is 0.0117. The standard InChI is InChI=1S/C22H23Cl2FN6O2.C22H22Cl2FN5O3.C4H8O.CH5N/c1-11(19-15(23)3-4-16(25)20(19)24)33-18-5-12(7-29-21(18)26)13-8-30-31(10-13)14-6-17(28-9-14)22(32)27-2;1-11(19-15(23)3-4-16(25)20(19)24)33-18-5-12(7-28-21(18)26)13-8-29-30(10-13)14-6-17(27-9-14)22(31)32-2;1-2-4-5-3-1;1-2/h3-5,7-8,10-11,14,17,28H,6,9H2,1-2H3,(H2,26,29)(H,27,32);3-5,7-8,10-11,14,17,27H,6,9H2,1-2H3,(H2,26,28);1-4H2;2H2,1H3. The maximum atomic E-state index is 13.9. The summed E-state index contributed by atoms with van der Waals surface area (Å²) in [6.07, 6.45) is 12.8. The molecule has 1 amide bonds. The van der Waals surface area contributed by atoms with Crippen LogP contribution >= 0.6 is 46.4 Å². The normalized spacial score (nSPS) is 18.7. The molecule has 9 N–H and O–H groups in total. The summed E-state index contributed by atoms with van der Waals surface area (Å²) < 4.78 is 53.1. The largest absolute Gasteiger partial charge is 0.482 e. The Balaban J connectivity index is 0.000000210. The van der Waals surface area contributed by atoms with Gasteiger partial charge in [0.1, 0.15) is 29.9 Å². The van der Waals surface area contributed by atoms with Gasteiger partial charge in [-0.2, -0.15) is 10.2 Å². The Labute approximate surface area is 441 Å². The van der Waals surface area contributed by atoms with E-state index in [1.807, 2.05) is 17.1 Å². The average molecular weight is 1090 g/mol. The Morgan fingerprint density at radius 1 is 0.726 bits per heavy atom. The quantitative estimate of drug-likeness (QED) is 0.0498. The number of ether oxygens (including phenoxy) is 4. The zero-order valence-corrected chi connectivity index (χ0v) is 43.7. The number of likely N-dealkylation sites (N-methyl/N-ethyl adjacent to an activating group) is 1. The molecule has 0 radical (unpaired) electrons. The number of benzene rings is 2. The zero-order valence-electron chi connectivity index (χ0n) is 40.7. The number of rotatable bonds is 12. The average Bonchev–Trinajstić information content (AvgIpc) is 4.26. The molecular formula is C49H58Cl4F2N12O6. The molecule has 73 heavy (non-hydrogen) atoms. The molecule has 2 aromatic carbocycles. The highest BCUT2D eigenvalue weighted by atomic mass is 35.5. The van der Waals surface area contributed by atoms with E-state index < -0.39 is 23.8 Å². The van der Waals surface area contributed by atoms with Crippen molar-refractivity contribution in [3.8, 4) is 33.8 Å². The predicted octanol–water partition coefficient (Wildman–Crippen LogP) is 8.32. The highest BCUT2D eigenvalue weighted by molar-refractivity contribution is 6.36. The van der Waals surface area contributed by atoms with Crippen molar-refractivity contribution >= 4 is 69.9 Å². The fourth-order valence-electron chi connectivity index (χ4n) is 8.16. The number of nitrogens with two attached hydrogens (primary N) is 3. The van der Waals surface area contributed by atoms with Crippen molar-refractivity contribution in [3.05, 3.63) is 116 Å². The lowest BCUT2D eigenvalue weighted by Crippen LogP contribution is -2.38. The van der Waals surface area contributed by atoms with E-state index in [4.69, 9.17) is 76.8 Å². The first-order chi connectivity index (χ1) is 35.1. The number of hydrogen-bond donors (Lipinski definition) is 6. The van der Waals surface area contributed by atoms with Crippen LogP contribution in [0.1, 0.15) is 74.9 Å². The third-order valence-corrected chi connectivity index (χ3v) is 13.5. The molecule has 18 nitrogen and oxygen atoms in total. The van der Waals surface area contributed by atoms with Gasteiger partial charge in [0.25, 0.3) is 0 Å². The van der Waals surface area contributed by atoms with Crippen LogP contribution in [-0.4, -0.2) is 101 Å². The molecule has 6 aromatic rings. The number of halogens is 6. The van der Waals surface area contributed by atoms with Crippen LogP contribution in [0.5, 0.6) is 11.5 Å². The first-order valence-electron chi connectivity index (χ1n) is 23.2. The molecule has 3 saturated heterocycles. The molecule has 3 aliphatic heterocycles. The predicted molar refractivity (Wildman–Crippen MR) is 278 cm³/mol. The SMILES string of the molecule is C1CCOC1.CN.CNC(=O)C1CC(n2cc(-c3cnc(N)c(OC(C)c4c(Cl)ccc(F)c4Cl)c3)cn2)CN1.COC(=O)C1CC(n2cc(-c3cnc(N)c(OC(C)c4c(Cl)ccc(F)c4Cl)c3)cn2)CN1. The Kier molecular flexibility index (Phi) is 20.4. The number of hydrogen-bond acceptors (Lipinski definition) is 15. The van der Waals surface area contributed by atoms with Gasteiger partial charge in [0.05, 0.1) is 47.7 Å². The maximum Gasteiger partial charge on any atom is 0.322 e. The number of nitrogens with zero attached hydrogens (tertiary/aromatic N) is 6. The molecule has 0 bridgehead atoms. The lowest BCUT2D eigenvalue weighted by atomic mass is 10.1. The van der Waals surface area contributed by atoms with Crippen molar-refractivity contribution in [2.75, 3.05) is 59.0 Å². The van der Waals surface area contributed by atoms with Crippen LogP contribution in [0.15, 0.2) is 73.6 Å². The Morgan fingerprint density at radius 2 is 1.16 bits per heavy atom. The van der Waals surface area contributed by atoms with E-state index in [2.05, 4.69) is 41.8 Å². The molecule has 6 atom stereocenters. The van der Waals surface area contributed by atoms with Crippen molar-refractivity contribution in [2.45, 2.75) is 75.9 Å². The molecule has 7 heterocycles. The number of nitrogen functional groups attached to an aromatic ring is 2. The topological polar surface area (TPSA) is 247 Å². The molecule has 6 unspecified atom stereocenters. The summed E-state index contributed by atoms with van der Waals surface area (Å²) in [7, 11) is 4.49. The second-order valence-electron chi connectivity index (χ2n) is 16.8. The lowest BCUT2D eigenvalue weighted by molar-refractivity contribution is -0.142. The van der Waals surface area contributed by atoms with Crippen LogP contribution < -0.4 is 42.6 Å². The molecule has 392 valence electrons. The minimum atomic E-state index is -0.678. The summed E-state index contributed by atoms with van der Waals surface area (Å²) in [5, 5.41) is 18.3. The van der Waals surface area contributed by atoms with Crippen molar-refractivity contribution in [2.24, 2.45) is 5.73 Å². The summed E-state index contributed by atoms with van der Waals surface area (Å²) in [4.78, 5) is 32.1. The van der Waals surface area contributed by atoms with E-state index in [1.54, 1.807) is 62.5 Å². The summed E-state index contributed by atoms with van der Waals surface area (Å²) >= 11 is 24.6. The molecule has 0 spiro atoms. The molecule has 0 aliphatic carbocycles. The van der Waals surface area contributed by atoms with Crippen molar-refractivity contribution in [1.29, 1.82) is 0 Å². The number of carbonyl (C=O) groups excluding carboxylic acids is 2. The van der Waals surface area contributed by atoms with Gasteiger partial charge in [0.15, 0.2) is 23.1 Å². The van der Waals surface area contributed by atoms with Gasteiger partial charge in [-0.25, -0.2) is 18.7 Å². The number of carbonyl (C=O) groups is 2. The first kappa shape index (κ1) is 56.5. The van der Waals surface area contributed by atoms with E-state index in [0.29, 0.717) is 48.6 Å². The molecular weight excluding hydrogens is 1030 g/mol. The number of esters is 1. The van der Waals surface area contributed by atoms with E-state index in [1.165, 1.54) is 51.3 Å². The zero-order chi connectivity index (χ0) is 52.9. The van der Waals surface area contributed by atoms with Gasteiger partial charge in [-0.3, -0.25) is 19.0 Å². The molecule has 9 rings (SSSR count). The van der Waals surface area contributed by atoms with Crippen molar-refractivity contribution < 1.29 is 37.3 Å². The number of methoxy groups -OCH3 is 1. The summed E-state index contributed by atoms with van der Waals surface area (Å²) in [6.45, 7) is 6.64. The minimum Gasteiger partial charge on any atom is -0.482 e. The van der Waals surface area contributed by atoms with E-state index in [-0.39, 0.29) is 67.8 Å². The fraction of sp³-hybridized carbons (Fsp3) is 0.388. The Morgan fingerprint density at radius 3 is 1.58 bits per heavy atom. The van der Waals surface area contributed by atoms with Crippen LogP contribution in [-0.2, 0) is 19.1 Å². The van der Waals surface area contributed by atoms with Crippen molar-refractivity contribution in [1.82, 2.24) is 45.5 Å². The molecule has 3 fully saturated rings. The second kappa shape index (κ2) is 26.4. The van der Waals surface area contributed by atoms with Crippen molar-refractivity contribution in [3.63, 3.8) is 0 Å².